The van der Waals surface area contributed by atoms with Crippen LogP contribution in [0.3, 0.4) is 0 Å². The van der Waals surface area contributed by atoms with Crippen molar-refractivity contribution >= 4 is 6.09 Å². The summed E-state index contributed by atoms with van der Waals surface area (Å²) in [6, 6.07) is 9.52. The molecule has 1 N–H and O–H groups in total. The second-order valence-corrected chi connectivity index (χ2v) is 4.36. The predicted molar refractivity (Wildman–Crippen MR) is 70.2 cm³/mol. The molecule has 1 rings (SSSR count). The Morgan fingerprint density at radius 1 is 1.39 bits per heavy atom. The lowest BCUT2D eigenvalue weighted by Gasteiger charge is -2.20. The monoisotopic (exact) mass is 251 g/mol. The standard InChI is InChI=1S/C14H21NO3/c1-3-7-13(16)10-15(2)14(17)18-11-12-8-5-4-6-9-12/h4-6,8-9,13,16H,3,7,10-11H2,1-2H3. The average molecular weight is 251 g/mol. The number of hydrogen-bond acceptors (Lipinski definition) is 3. The van der Waals surface area contributed by atoms with E-state index < -0.39 is 12.2 Å². The topological polar surface area (TPSA) is 49.8 Å². The van der Waals surface area contributed by atoms with E-state index in [1.54, 1.807) is 7.05 Å². The van der Waals surface area contributed by atoms with Crippen LogP contribution in [0, 0.1) is 0 Å². The van der Waals surface area contributed by atoms with Gasteiger partial charge in [-0.1, -0.05) is 43.7 Å². The Morgan fingerprint density at radius 3 is 2.67 bits per heavy atom. The number of aliphatic hydroxyl groups excluding tert-OH is 1. The van der Waals surface area contributed by atoms with Crippen LogP contribution in [-0.2, 0) is 11.3 Å². The Bertz CT molecular complexity index is 353. The first kappa shape index (κ1) is 14.5. The molecule has 4 heteroatoms. The number of amides is 1. The Labute approximate surface area is 108 Å². The fourth-order valence-electron chi connectivity index (χ4n) is 1.64. The minimum atomic E-state index is -0.482. The third-order valence-corrected chi connectivity index (χ3v) is 2.62. The molecule has 1 aromatic rings. The molecule has 0 saturated carbocycles. The maximum Gasteiger partial charge on any atom is 0.409 e. The largest absolute Gasteiger partial charge is 0.445 e. The highest BCUT2D eigenvalue weighted by atomic mass is 16.6. The van der Waals surface area contributed by atoms with Crippen LogP contribution in [0.25, 0.3) is 0 Å². The van der Waals surface area contributed by atoms with Gasteiger partial charge in [0.1, 0.15) is 6.61 Å². The van der Waals surface area contributed by atoms with Crippen molar-refractivity contribution < 1.29 is 14.6 Å². The number of benzene rings is 1. The molecule has 1 atom stereocenters. The van der Waals surface area contributed by atoms with Crippen LogP contribution in [0.15, 0.2) is 30.3 Å². The number of carbonyl (C=O) groups is 1. The molecule has 1 amide bonds. The Kier molecular flexibility index (Phi) is 6.22. The van der Waals surface area contributed by atoms with Crippen molar-refractivity contribution in [2.75, 3.05) is 13.6 Å². The minimum Gasteiger partial charge on any atom is -0.445 e. The molecule has 0 aliphatic carbocycles. The summed E-state index contributed by atoms with van der Waals surface area (Å²) < 4.78 is 5.14. The van der Waals surface area contributed by atoms with E-state index >= 15 is 0 Å². The molecule has 0 aromatic heterocycles. The summed E-state index contributed by atoms with van der Waals surface area (Å²) in [4.78, 5) is 13.1. The molecule has 0 radical (unpaired) electrons. The van der Waals surface area contributed by atoms with E-state index in [0.717, 1.165) is 12.0 Å². The zero-order chi connectivity index (χ0) is 13.4. The molecular weight excluding hydrogens is 230 g/mol. The van der Waals surface area contributed by atoms with Gasteiger partial charge in [-0.2, -0.15) is 0 Å². The number of hydrogen-bond donors (Lipinski definition) is 1. The highest BCUT2D eigenvalue weighted by Gasteiger charge is 2.14. The lowest BCUT2D eigenvalue weighted by atomic mass is 10.2. The molecule has 18 heavy (non-hydrogen) atoms. The second kappa shape index (κ2) is 7.71. The molecule has 100 valence electrons. The molecule has 4 nitrogen and oxygen atoms in total. The predicted octanol–water partition coefficient (Wildman–Crippen LogP) is 2.42. The lowest BCUT2D eigenvalue weighted by molar-refractivity contribution is 0.0759. The van der Waals surface area contributed by atoms with E-state index in [0.29, 0.717) is 13.0 Å². The SMILES string of the molecule is CCCC(O)CN(C)C(=O)OCc1ccccc1. The van der Waals surface area contributed by atoms with Crippen molar-refractivity contribution in [3.63, 3.8) is 0 Å². The van der Waals surface area contributed by atoms with Crippen molar-refractivity contribution in [3.05, 3.63) is 35.9 Å². The van der Waals surface area contributed by atoms with Gasteiger partial charge in [-0.05, 0) is 12.0 Å². The first-order valence-electron chi connectivity index (χ1n) is 6.23. The Balaban J connectivity index is 2.32. The maximum absolute atomic E-state index is 11.6. The highest BCUT2D eigenvalue weighted by Crippen LogP contribution is 2.04. The molecule has 0 fully saturated rings. The summed E-state index contributed by atoms with van der Waals surface area (Å²) >= 11 is 0. The van der Waals surface area contributed by atoms with Gasteiger partial charge in [0.15, 0.2) is 0 Å². The summed E-state index contributed by atoms with van der Waals surface area (Å²) in [5.74, 6) is 0. The molecular formula is C14H21NO3. The Hall–Kier alpha value is -1.55. The first-order valence-corrected chi connectivity index (χ1v) is 6.23. The summed E-state index contributed by atoms with van der Waals surface area (Å²) in [6.07, 6.45) is 0.697. The molecule has 0 aliphatic rings. The molecule has 1 unspecified atom stereocenters. The van der Waals surface area contributed by atoms with Gasteiger partial charge in [-0.3, -0.25) is 0 Å². The van der Waals surface area contributed by atoms with E-state index in [4.69, 9.17) is 4.74 Å². The van der Waals surface area contributed by atoms with Gasteiger partial charge in [-0.25, -0.2) is 4.79 Å². The van der Waals surface area contributed by atoms with Crippen LogP contribution < -0.4 is 0 Å². The van der Waals surface area contributed by atoms with Gasteiger partial charge < -0.3 is 14.7 Å². The van der Waals surface area contributed by atoms with Gasteiger partial charge >= 0.3 is 6.09 Å². The fourth-order valence-corrected chi connectivity index (χ4v) is 1.64. The molecule has 0 aliphatic heterocycles. The van der Waals surface area contributed by atoms with E-state index in [1.165, 1.54) is 4.90 Å². The number of ether oxygens (including phenoxy) is 1. The second-order valence-electron chi connectivity index (χ2n) is 4.36. The zero-order valence-electron chi connectivity index (χ0n) is 11.0. The third-order valence-electron chi connectivity index (χ3n) is 2.62. The van der Waals surface area contributed by atoms with Crippen molar-refractivity contribution in [1.29, 1.82) is 0 Å². The maximum atomic E-state index is 11.6. The van der Waals surface area contributed by atoms with E-state index in [2.05, 4.69) is 0 Å². The molecule has 0 heterocycles. The minimum absolute atomic E-state index is 0.258. The lowest BCUT2D eigenvalue weighted by Crippen LogP contribution is -2.34. The van der Waals surface area contributed by atoms with Gasteiger partial charge in [0, 0.05) is 13.6 Å². The molecule has 0 spiro atoms. The van der Waals surface area contributed by atoms with Crippen molar-refractivity contribution in [3.8, 4) is 0 Å². The first-order chi connectivity index (χ1) is 8.63. The van der Waals surface area contributed by atoms with Crippen LogP contribution in [0.1, 0.15) is 25.3 Å². The highest BCUT2D eigenvalue weighted by molar-refractivity contribution is 5.67. The number of likely N-dealkylation sites (N-methyl/N-ethyl adjacent to an activating group) is 1. The van der Waals surface area contributed by atoms with Gasteiger partial charge in [-0.15, -0.1) is 0 Å². The van der Waals surface area contributed by atoms with Gasteiger partial charge in [0.25, 0.3) is 0 Å². The molecule has 1 aromatic carbocycles. The number of rotatable bonds is 6. The summed E-state index contributed by atoms with van der Waals surface area (Å²) in [5, 5.41) is 9.60. The summed E-state index contributed by atoms with van der Waals surface area (Å²) in [6.45, 7) is 2.56. The van der Waals surface area contributed by atoms with Crippen molar-refractivity contribution in [1.82, 2.24) is 4.90 Å². The number of aliphatic hydroxyl groups is 1. The summed E-state index contributed by atoms with van der Waals surface area (Å²) in [5.41, 5.74) is 0.952. The van der Waals surface area contributed by atoms with Crippen LogP contribution >= 0.6 is 0 Å². The van der Waals surface area contributed by atoms with Crippen LogP contribution in [0.5, 0.6) is 0 Å². The normalized spacial score (nSPS) is 11.9. The Morgan fingerprint density at radius 2 is 2.06 bits per heavy atom. The fraction of sp³-hybridized carbons (Fsp3) is 0.500. The zero-order valence-corrected chi connectivity index (χ0v) is 11.0. The van der Waals surface area contributed by atoms with Gasteiger partial charge in [0.2, 0.25) is 0 Å². The number of carbonyl (C=O) groups excluding carboxylic acids is 1. The van der Waals surface area contributed by atoms with E-state index in [9.17, 15) is 9.90 Å². The quantitative estimate of drug-likeness (QED) is 0.844. The van der Waals surface area contributed by atoms with Crippen LogP contribution in [0.4, 0.5) is 4.79 Å². The van der Waals surface area contributed by atoms with Crippen molar-refractivity contribution in [2.24, 2.45) is 0 Å². The van der Waals surface area contributed by atoms with E-state index in [1.807, 2.05) is 37.3 Å². The van der Waals surface area contributed by atoms with Crippen molar-refractivity contribution in [2.45, 2.75) is 32.5 Å². The smallest absolute Gasteiger partial charge is 0.409 e. The molecule has 0 bridgehead atoms. The third kappa shape index (κ3) is 5.19. The average Bonchev–Trinajstić information content (AvgIpc) is 2.37. The van der Waals surface area contributed by atoms with E-state index in [-0.39, 0.29) is 6.61 Å². The van der Waals surface area contributed by atoms with Crippen LogP contribution in [0.2, 0.25) is 0 Å². The van der Waals surface area contributed by atoms with Gasteiger partial charge in [0.05, 0.1) is 6.10 Å². The number of nitrogens with zero attached hydrogens (tertiary/aromatic N) is 1. The summed E-state index contributed by atoms with van der Waals surface area (Å²) in [7, 11) is 1.63. The van der Waals surface area contributed by atoms with Crippen LogP contribution in [-0.4, -0.2) is 35.8 Å². The molecule has 0 saturated heterocycles.